The van der Waals surface area contributed by atoms with Crippen LogP contribution in [-0.4, -0.2) is 12.1 Å². The quantitative estimate of drug-likeness (QED) is 0.411. The molecule has 0 fully saturated rings. The molecule has 0 radical (unpaired) electrons. The molecule has 4 atom stereocenters. The van der Waals surface area contributed by atoms with Crippen LogP contribution >= 0.6 is 0 Å². The van der Waals surface area contributed by atoms with Gasteiger partial charge in [0.2, 0.25) is 0 Å². The molecule has 1 nitrogen and oxygen atoms in total. The highest BCUT2D eigenvalue weighted by Gasteiger charge is 2.56. The van der Waals surface area contributed by atoms with Crippen molar-refractivity contribution < 1.29 is 0 Å². The summed E-state index contributed by atoms with van der Waals surface area (Å²) in [7, 11) is 0. The Hall–Kier alpha value is -0.980. The van der Waals surface area contributed by atoms with E-state index in [-0.39, 0.29) is 11.0 Å². The van der Waals surface area contributed by atoms with Crippen molar-refractivity contribution in [2.75, 3.05) is 11.4 Å². The van der Waals surface area contributed by atoms with Gasteiger partial charge in [0.1, 0.15) is 0 Å². The molecule has 0 saturated heterocycles. The smallest absolute Gasteiger partial charge is 0.0430 e. The third-order valence-corrected chi connectivity index (χ3v) is 8.50. The van der Waals surface area contributed by atoms with Gasteiger partial charge in [0.05, 0.1) is 0 Å². The number of aryl methyl sites for hydroxylation is 1. The summed E-state index contributed by atoms with van der Waals surface area (Å²) in [4.78, 5) is 2.69. The van der Waals surface area contributed by atoms with Crippen molar-refractivity contribution in [3.63, 3.8) is 0 Å². The van der Waals surface area contributed by atoms with Crippen molar-refractivity contribution in [3.8, 4) is 0 Å². The summed E-state index contributed by atoms with van der Waals surface area (Å²) in [5, 5.41) is 0. The molecule has 0 heterocycles. The average Bonchev–Trinajstić information content (AvgIpc) is 2.66. The molecule has 1 heteroatoms. The Morgan fingerprint density at radius 3 is 1.92 bits per heavy atom. The van der Waals surface area contributed by atoms with Crippen molar-refractivity contribution >= 4 is 5.69 Å². The first kappa shape index (κ1) is 23.1. The van der Waals surface area contributed by atoms with Gasteiger partial charge in [0.15, 0.2) is 0 Å². The van der Waals surface area contributed by atoms with E-state index < -0.39 is 0 Å². The van der Waals surface area contributed by atoms with Crippen LogP contribution in [0, 0.1) is 23.7 Å². The zero-order chi connectivity index (χ0) is 20.2. The zero-order valence-corrected chi connectivity index (χ0v) is 19.4. The van der Waals surface area contributed by atoms with Crippen LogP contribution in [0.4, 0.5) is 5.69 Å². The summed E-state index contributed by atoms with van der Waals surface area (Å²) in [5.41, 5.74) is 3.35. The Bertz CT molecular complexity index is 565. The summed E-state index contributed by atoms with van der Waals surface area (Å²) >= 11 is 0. The summed E-state index contributed by atoms with van der Waals surface area (Å²) < 4.78 is 0. The van der Waals surface area contributed by atoms with Crippen molar-refractivity contribution in [2.45, 2.75) is 100 Å². The van der Waals surface area contributed by atoms with Crippen molar-refractivity contribution in [1.82, 2.24) is 0 Å². The molecule has 26 heavy (non-hydrogen) atoms. The lowest BCUT2D eigenvalue weighted by Crippen LogP contribution is -2.64. The van der Waals surface area contributed by atoms with Crippen molar-refractivity contribution in [2.24, 2.45) is 16.7 Å². The van der Waals surface area contributed by atoms with Gasteiger partial charge in [-0.2, -0.15) is 0 Å². The molecular formula is C25H45N. The number of hydrogen-bond acceptors (Lipinski definition) is 1. The molecule has 1 rings (SSSR count). The molecule has 0 saturated carbocycles. The van der Waals surface area contributed by atoms with E-state index in [2.05, 4.69) is 98.4 Å². The minimum atomic E-state index is 0.110. The third kappa shape index (κ3) is 3.56. The van der Waals surface area contributed by atoms with Gasteiger partial charge in [0.25, 0.3) is 0 Å². The van der Waals surface area contributed by atoms with Gasteiger partial charge < -0.3 is 4.90 Å². The van der Waals surface area contributed by atoms with Gasteiger partial charge in [-0.05, 0) is 74.5 Å². The van der Waals surface area contributed by atoms with Crippen molar-refractivity contribution in [3.05, 3.63) is 29.8 Å². The molecule has 150 valence electrons. The molecule has 1 aromatic rings. The highest BCUT2D eigenvalue weighted by atomic mass is 15.2. The maximum Gasteiger partial charge on any atom is 0.0430 e. The first-order valence-corrected chi connectivity index (χ1v) is 11.0. The van der Waals surface area contributed by atoms with Crippen LogP contribution in [0.1, 0.15) is 93.6 Å². The third-order valence-electron chi connectivity index (χ3n) is 8.50. The Kier molecular flexibility index (Phi) is 7.81. The second-order valence-electron chi connectivity index (χ2n) is 8.98. The number of rotatable bonds is 10. The Morgan fingerprint density at radius 1 is 0.923 bits per heavy atom. The summed E-state index contributed by atoms with van der Waals surface area (Å²) in [6, 6.07) is 9.07. The fourth-order valence-electron chi connectivity index (χ4n) is 5.62. The highest BCUT2D eigenvalue weighted by molar-refractivity contribution is 5.51. The summed E-state index contributed by atoms with van der Waals surface area (Å²) in [5.74, 6) is 0.708. The van der Waals surface area contributed by atoms with E-state index >= 15 is 0 Å². The molecule has 0 aliphatic heterocycles. The lowest BCUT2D eigenvalue weighted by molar-refractivity contribution is -0.0579. The van der Waals surface area contributed by atoms with Crippen LogP contribution in [0.5, 0.6) is 0 Å². The van der Waals surface area contributed by atoms with Gasteiger partial charge in [0, 0.05) is 17.8 Å². The average molecular weight is 360 g/mol. The second kappa shape index (κ2) is 8.81. The van der Waals surface area contributed by atoms with Crippen LogP contribution in [0.2, 0.25) is 0 Å². The van der Waals surface area contributed by atoms with Gasteiger partial charge in [-0.3, -0.25) is 0 Å². The van der Waals surface area contributed by atoms with E-state index in [4.69, 9.17) is 0 Å². The minimum Gasteiger partial charge on any atom is -0.366 e. The number of nitrogens with zero attached hydrogens (tertiary/aromatic N) is 1. The predicted octanol–water partition coefficient (Wildman–Crippen LogP) is 7.87. The predicted molar refractivity (Wildman–Crippen MR) is 119 cm³/mol. The van der Waals surface area contributed by atoms with E-state index in [0.29, 0.717) is 11.3 Å². The van der Waals surface area contributed by atoms with Gasteiger partial charge >= 0.3 is 0 Å². The number of anilines is 1. The molecule has 1 aromatic carbocycles. The summed E-state index contributed by atoms with van der Waals surface area (Å²) in [6.07, 6.45) is 4.84. The Balaban J connectivity index is 3.62. The van der Waals surface area contributed by atoms with Gasteiger partial charge in [-0.1, -0.05) is 67.0 Å². The minimum absolute atomic E-state index is 0.110. The van der Waals surface area contributed by atoms with Crippen LogP contribution in [0.25, 0.3) is 0 Å². The second-order valence-corrected chi connectivity index (χ2v) is 8.98. The topological polar surface area (TPSA) is 3.24 Å². The number of benzene rings is 1. The standard InChI is InChI=1S/C25H45N/c1-11-21(7)23(8,12-2)24(9,13-3)25(10,14-4)26(15-5)22-18-16-17-20(6)19-22/h16-19,21H,11-15H2,1-10H3. The van der Waals surface area contributed by atoms with Gasteiger partial charge in [-0.25, -0.2) is 0 Å². The van der Waals surface area contributed by atoms with E-state index in [1.165, 1.54) is 30.5 Å². The molecule has 0 aromatic heterocycles. The molecule has 0 aliphatic rings. The molecule has 4 unspecified atom stereocenters. The molecule has 0 bridgehead atoms. The fraction of sp³-hybridized carbons (Fsp3) is 0.760. The van der Waals surface area contributed by atoms with Crippen LogP contribution in [-0.2, 0) is 0 Å². The van der Waals surface area contributed by atoms with E-state index in [1.807, 2.05) is 0 Å². The lowest BCUT2D eigenvalue weighted by atomic mass is 9.48. The molecule has 0 spiro atoms. The van der Waals surface area contributed by atoms with Crippen LogP contribution in [0.3, 0.4) is 0 Å². The Labute approximate surface area is 164 Å². The molecule has 0 aliphatic carbocycles. The SMILES string of the molecule is CCC(C)C(C)(CC)C(C)(CC)C(C)(CC)N(CC)c1cccc(C)c1. The zero-order valence-electron chi connectivity index (χ0n) is 19.4. The molecular weight excluding hydrogens is 314 g/mol. The van der Waals surface area contributed by atoms with Gasteiger partial charge in [-0.15, -0.1) is 0 Å². The highest BCUT2D eigenvalue weighted by Crippen LogP contribution is 2.59. The van der Waals surface area contributed by atoms with E-state index in [1.54, 1.807) is 0 Å². The van der Waals surface area contributed by atoms with E-state index in [9.17, 15) is 0 Å². The maximum absolute atomic E-state index is 2.69. The van der Waals surface area contributed by atoms with Crippen LogP contribution in [0.15, 0.2) is 24.3 Å². The summed E-state index contributed by atoms with van der Waals surface area (Å²) in [6.45, 7) is 25.3. The van der Waals surface area contributed by atoms with E-state index in [0.717, 1.165) is 13.0 Å². The van der Waals surface area contributed by atoms with Crippen LogP contribution < -0.4 is 4.90 Å². The van der Waals surface area contributed by atoms with Crippen molar-refractivity contribution in [1.29, 1.82) is 0 Å². The molecule has 0 N–H and O–H groups in total. The maximum atomic E-state index is 2.69. The Morgan fingerprint density at radius 2 is 1.54 bits per heavy atom. The first-order chi connectivity index (χ1) is 12.1. The first-order valence-electron chi connectivity index (χ1n) is 11.0. The number of hydrogen-bond donors (Lipinski definition) is 0. The molecule has 0 amide bonds. The largest absolute Gasteiger partial charge is 0.366 e. The normalized spacial score (nSPS) is 19.9. The monoisotopic (exact) mass is 359 g/mol. The lowest BCUT2D eigenvalue weighted by Gasteiger charge is -2.62. The fourth-order valence-corrected chi connectivity index (χ4v) is 5.62.